The summed E-state index contributed by atoms with van der Waals surface area (Å²) in [4.78, 5) is 36.4. The minimum atomic E-state index is -0.400. The molecule has 3 aromatic rings. The number of nitrogens with one attached hydrogen (secondary N) is 3. The maximum absolute atomic E-state index is 12.3. The Morgan fingerprint density at radius 2 is 1.27 bits per heavy atom. The van der Waals surface area contributed by atoms with Crippen LogP contribution in [0.25, 0.3) is 0 Å². The first-order chi connectivity index (χ1) is 18.0. The first kappa shape index (κ1) is 26.6. The Balaban J connectivity index is 1.40. The average molecular weight is 502 g/mol. The Morgan fingerprint density at radius 3 is 1.84 bits per heavy atom. The topological polar surface area (TPSA) is 130 Å². The highest BCUT2D eigenvalue weighted by Crippen LogP contribution is 2.12. The molecule has 0 heterocycles. The molecule has 3 amide bonds. The Morgan fingerprint density at radius 1 is 0.730 bits per heavy atom. The molecule has 0 aliphatic heterocycles. The fraction of sp³-hybridized carbons (Fsp3) is 0.148. The van der Waals surface area contributed by atoms with Gasteiger partial charge in [0.1, 0.15) is 11.5 Å². The van der Waals surface area contributed by atoms with Gasteiger partial charge in [-0.25, -0.2) is 10.9 Å². The van der Waals surface area contributed by atoms with Gasteiger partial charge in [0, 0.05) is 24.1 Å². The van der Waals surface area contributed by atoms with E-state index in [-0.39, 0.29) is 18.7 Å². The molecule has 3 aromatic carbocycles. The third-order valence-corrected chi connectivity index (χ3v) is 4.98. The Hall–Kier alpha value is -4.99. The number of hydrazone groups is 2. The van der Waals surface area contributed by atoms with E-state index in [9.17, 15) is 14.4 Å². The van der Waals surface area contributed by atoms with Crippen LogP contribution in [0, 0.1) is 0 Å². The molecule has 0 aromatic heterocycles. The Kier molecular flexibility index (Phi) is 9.91. The van der Waals surface area contributed by atoms with Crippen LogP contribution in [0.2, 0.25) is 0 Å². The van der Waals surface area contributed by atoms with Crippen LogP contribution in [0.4, 0.5) is 5.69 Å². The molecule has 0 saturated carbocycles. The molecule has 0 unspecified atom stereocenters. The zero-order valence-corrected chi connectivity index (χ0v) is 20.4. The number of hydrogen-bond donors (Lipinski definition) is 3. The summed E-state index contributed by atoms with van der Waals surface area (Å²) in [5.74, 6) is 0.232. The molecular weight excluding hydrogens is 474 g/mol. The smallest absolute Gasteiger partial charge is 0.271 e. The number of anilines is 1. The summed E-state index contributed by atoms with van der Waals surface area (Å²) < 4.78 is 10.3. The second-order valence-corrected chi connectivity index (χ2v) is 7.67. The number of carbonyl (C=O) groups is 3. The number of methoxy groups -OCH3 is 2. The summed E-state index contributed by atoms with van der Waals surface area (Å²) in [6, 6.07) is 20.8. The van der Waals surface area contributed by atoms with Crippen molar-refractivity contribution in [3.8, 4) is 11.5 Å². The molecule has 3 rings (SSSR count). The number of amides is 3. The SMILES string of the molecule is COc1cccc(/C=N/NC(=O)CCC(=O)Nc2ccc(C(=O)N/N=C/c3cccc(OC)c3)cc2)c1. The summed E-state index contributed by atoms with van der Waals surface area (Å²) in [6.45, 7) is 0. The largest absolute Gasteiger partial charge is 0.497 e. The van der Waals surface area contributed by atoms with Crippen molar-refractivity contribution in [3.05, 3.63) is 89.5 Å². The minimum Gasteiger partial charge on any atom is -0.497 e. The molecule has 3 N–H and O–H groups in total. The molecule has 0 fully saturated rings. The van der Waals surface area contributed by atoms with Crippen molar-refractivity contribution in [2.45, 2.75) is 12.8 Å². The van der Waals surface area contributed by atoms with Crippen LogP contribution in [0.15, 0.2) is 83.0 Å². The third-order valence-electron chi connectivity index (χ3n) is 4.98. The number of ether oxygens (including phenoxy) is 2. The van der Waals surface area contributed by atoms with Crippen LogP contribution < -0.4 is 25.6 Å². The predicted molar refractivity (Wildman–Crippen MR) is 141 cm³/mol. The van der Waals surface area contributed by atoms with E-state index in [1.54, 1.807) is 56.7 Å². The van der Waals surface area contributed by atoms with E-state index in [2.05, 4.69) is 26.4 Å². The first-order valence-corrected chi connectivity index (χ1v) is 11.3. The van der Waals surface area contributed by atoms with Gasteiger partial charge < -0.3 is 14.8 Å². The highest BCUT2D eigenvalue weighted by atomic mass is 16.5. The lowest BCUT2D eigenvalue weighted by Gasteiger charge is -2.06. The number of rotatable bonds is 11. The molecule has 190 valence electrons. The van der Waals surface area contributed by atoms with E-state index in [4.69, 9.17) is 9.47 Å². The van der Waals surface area contributed by atoms with Crippen LogP contribution >= 0.6 is 0 Å². The number of nitrogens with zero attached hydrogens (tertiary/aromatic N) is 2. The summed E-state index contributed by atoms with van der Waals surface area (Å²) in [5.41, 5.74) is 7.24. The molecule has 0 atom stereocenters. The van der Waals surface area contributed by atoms with E-state index in [1.807, 2.05) is 30.3 Å². The fourth-order valence-corrected chi connectivity index (χ4v) is 3.06. The van der Waals surface area contributed by atoms with E-state index in [0.29, 0.717) is 22.7 Å². The van der Waals surface area contributed by atoms with E-state index in [0.717, 1.165) is 11.1 Å². The van der Waals surface area contributed by atoms with Crippen molar-refractivity contribution in [2.75, 3.05) is 19.5 Å². The Labute approximate surface area is 214 Å². The fourth-order valence-electron chi connectivity index (χ4n) is 3.06. The maximum atomic E-state index is 12.3. The van der Waals surface area contributed by atoms with Crippen molar-refractivity contribution in [3.63, 3.8) is 0 Å². The highest BCUT2D eigenvalue weighted by Gasteiger charge is 2.08. The van der Waals surface area contributed by atoms with Gasteiger partial charge in [-0.15, -0.1) is 0 Å². The second kappa shape index (κ2) is 13.8. The standard InChI is InChI=1S/C27H27N5O5/c1-36-23-7-3-5-19(15-23)17-28-31-26(34)14-13-25(33)30-22-11-9-21(10-12-22)27(35)32-29-18-20-6-4-8-24(16-20)37-2/h3-12,15-18H,13-14H2,1-2H3,(H,30,33)(H,31,34)(H,32,35)/b28-17+,29-18+. The zero-order valence-electron chi connectivity index (χ0n) is 20.4. The van der Waals surface area contributed by atoms with Crippen LogP contribution in [0.3, 0.4) is 0 Å². The lowest BCUT2D eigenvalue weighted by Crippen LogP contribution is -2.21. The molecule has 0 radical (unpaired) electrons. The van der Waals surface area contributed by atoms with Crippen LogP contribution in [0.5, 0.6) is 11.5 Å². The third kappa shape index (κ3) is 8.95. The van der Waals surface area contributed by atoms with Crippen LogP contribution in [-0.4, -0.2) is 44.4 Å². The van der Waals surface area contributed by atoms with Crippen molar-refractivity contribution in [2.24, 2.45) is 10.2 Å². The van der Waals surface area contributed by atoms with Crippen molar-refractivity contribution < 1.29 is 23.9 Å². The molecule has 0 aliphatic carbocycles. The molecule has 37 heavy (non-hydrogen) atoms. The van der Waals surface area contributed by atoms with Gasteiger partial charge in [-0.3, -0.25) is 14.4 Å². The number of benzene rings is 3. The van der Waals surface area contributed by atoms with Gasteiger partial charge in [0.15, 0.2) is 0 Å². The van der Waals surface area contributed by atoms with E-state index < -0.39 is 11.8 Å². The van der Waals surface area contributed by atoms with Gasteiger partial charge >= 0.3 is 0 Å². The summed E-state index contributed by atoms with van der Waals surface area (Å²) >= 11 is 0. The van der Waals surface area contributed by atoms with Gasteiger partial charge in [0.2, 0.25) is 11.8 Å². The van der Waals surface area contributed by atoms with E-state index >= 15 is 0 Å². The lowest BCUT2D eigenvalue weighted by molar-refractivity contribution is -0.124. The van der Waals surface area contributed by atoms with Gasteiger partial charge in [-0.1, -0.05) is 24.3 Å². The molecular formula is C27H27N5O5. The van der Waals surface area contributed by atoms with Gasteiger partial charge in [0.25, 0.3) is 5.91 Å². The molecule has 0 aliphatic rings. The van der Waals surface area contributed by atoms with Gasteiger partial charge in [0.05, 0.1) is 26.6 Å². The monoisotopic (exact) mass is 501 g/mol. The second-order valence-electron chi connectivity index (χ2n) is 7.67. The van der Waals surface area contributed by atoms with E-state index in [1.165, 1.54) is 12.4 Å². The Bertz CT molecular complexity index is 1290. The van der Waals surface area contributed by atoms with Gasteiger partial charge in [-0.05, 0) is 59.7 Å². The van der Waals surface area contributed by atoms with Crippen LogP contribution in [0.1, 0.15) is 34.3 Å². The molecule has 0 spiro atoms. The summed E-state index contributed by atoms with van der Waals surface area (Å²) in [6.07, 6.45) is 2.94. The van der Waals surface area contributed by atoms with Gasteiger partial charge in [-0.2, -0.15) is 10.2 Å². The summed E-state index contributed by atoms with van der Waals surface area (Å²) in [7, 11) is 3.14. The number of carbonyl (C=O) groups excluding carboxylic acids is 3. The molecule has 0 bridgehead atoms. The predicted octanol–water partition coefficient (Wildman–Crippen LogP) is 3.34. The molecule has 10 heteroatoms. The zero-order chi connectivity index (χ0) is 26.5. The average Bonchev–Trinajstić information content (AvgIpc) is 2.92. The number of hydrogen-bond acceptors (Lipinski definition) is 7. The van der Waals surface area contributed by atoms with Crippen molar-refractivity contribution in [1.29, 1.82) is 0 Å². The highest BCUT2D eigenvalue weighted by molar-refractivity contribution is 5.97. The maximum Gasteiger partial charge on any atom is 0.271 e. The summed E-state index contributed by atoms with van der Waals surface area (Å²) in [5, 5.41) is 10.5. The lowest BCUT2D eigenvalue weighted by atomic mass is 10.2. The first-order valence-electron chi connectivity index (χ1n) is 11.3. The quantitative estimate of drug-likeness (QED) is 0.274. The van der Waals surface area contributed by atoms with Crippen LogP contribution in [-0.2, 0) is 9.59 Å². The van der Waals surface area contributed by atoms with Crippen molar-refractivity contribution >= 4 is 35.8 Å². The minimum absolute atomic E-state index is 0.0261. The molecule has 0 saturated heterocycles. The normalized spacial score (nSPS) is 10.8. The van der Waals surface area contributed by atoms with Crippen molar-refractivity contribution in [1.82, 2.24) is 10.9 Å². The molecule has 10 nitrogen and oxygen atoms in total.